The Morgan fingerprint density at radius 1 is 1.48 bits per heavy atom. The maximum atomic E-state index is 12.6. The fourth-order valence-corrected chi connectivity index (χ4v) is 2.47. The molecule has 21 heavy (non-hydrogen) atoms. The van der Waals surface area contributed by atoms with Gasteiger partial charge in [-0.15, -0.1) is 0 Å². The fraction of sp³-hybridized carbons (Fsp3) is 0.571. The van der Waals surface area contributed by atoms with Crippen molar-refractivity contribution in [1.82, 2.24) is 9.88 Å². The Balaban J connectivity index is 2.09. The molecule has 7 heteroatoms. The van der Waals surface area contributed by atoms with Gasteiger partial charge in [0, 0.05) is 6.54 Å². The highest BCUT2D eigenvalue weighted by Gasteiger charge is 2.33. The number of aliphatic hydroxyl groups is 1. The molecule has 0 bridgehead atoms. The maximum absolute atomic E-state index is 12.6. The van der Waals surface area contributed by atoms with E-state index in [4.69, 9.17) is 0 Å². The summed E-state index contributed by atoms with van der Waals surface area (Å²) in [6.07, 6.45) is -3.98. The Morgan fingerprint density at radius 3 is 2.86 bits per heavy atom. The van der Waals surface area contributed by atoms with Crippen molar-refractivity contribution in [3.05, 3.63) is 29.6 Å². The summed E-state index contributed by atoms with van der Waals surface area (Å²) in [7, 11) is 0. The highest BCUT2D eigenvalue weighted by molar-refractivity contribution is 5.78. The monoisotopic (exact) mass is 302 g/mol. The second-order valence-corrected chi connectivity index (χ2v) is 5.23. The van der Waals surface area contributed by atoms with Crippen LogP contribution in [0.1, 0.15) is 31.2 Å². The molecule has 2 heterocycles. The van der Waals surface area contributed by atoms with Crippen LogP contribution in [0, 0.1) is 0 Å². The first kappa shape index (κ1) is 15.8. The van der Waals surface area contributed by atoms with E-state index >= 15 is 0 Å². The molecular formula is C14H17F3N2O2. The minimum absolute atomic E-state index is 0.0853. The molecule has 1 aliphatic rings. The van der Waals surface area contributed by atoms with Gasteiger partial charge in [0.25, 0.3) is 0 Å². The van der Waals surface area contributed by atoms with Crippen molar-refractivity contribution >= 4 is 5.91 Å². The quantitative estimate of drug-likeness (QED) is 0.909. The van der Waals surface area contributed by atoms with Crippen molar-refractivity contribution in [2.24, 2.45) is 0 Å². The predicted molar refractivity (Wildman–Crippen MR) is 69.4 cm³/mol. The number of carbonyl (C=O) groups excluding carboxylic acids is 1. The van der Waals surface area contributed by atoms with Gasteiger partial charge in [0.1, 0.15) is 5.69 Å². The molecule has 0 radical (unpaired) electrons. The molecule has 1 fully saturated rings. The van der Waals surface area contributed by atoms with Crippen LogP contribution in [-0.2, 0) is 17.4 Å². The molecule has 2 rings (SSSR count). The Morgan fingerprint density at radius 2 is 2.19 bits per heavy atom. The topological polar surface area (TPSA) is 53.4 Å². The summed E-state index contributed by atoms with van der Waals surface area (Å²) in [5.74, 6) is -0.312. The average molecular weight is 302 g/mol. The van der Waals surface area contributed by atoms with E-state index < -0.39 is 18.0 Å². The molecule has 1 aromatic rings. The number of halogens is 3. The van der Waals surface area contributed by atoms with E-state index in [2.05, 4.69) is 4.98 Å². The zero-order valence-electron chi connectivity index (χ0n) is 11.6. The molecular weight excluding hydrogens is 285 g/mol. The molecule has 0 aromatic carbocycles. The van der Waals surface area contributed by atoms with Crippen molar-refractivity contribution in [2.45, 2.75) is 44.5 Å². The van der Waals surface area contributed by atoms with Crippen molar-refractivity contribution in [1.29, 1.82) is 0 Å². The molecule has 0 unspecified atom stereocenters. The summed E-state index contributed by atoms with van der Waals surface area (Å²) in [4.78, 5) is 17.2. The third-order valence-electron chi connectivity index (χ3n) is 3.70. The first-order valence-electron chi connectivity index (χ1n) is 6.79. The first-order valence-corrected chi connectivity index (χ1v) is 6.79. The average Bonchev–Trinajstić information content (AvgIpc) is 2.41. The van der Waals surface area contributed by atoms with Gasteiger partial charge < -0.3 is 10.0 Å². The van der Waals surface area contributed by atoms with Crippen LogP contribution in [0.3, 0.4) is 0 Å². The van der Waals surface area contributed by atoms with Crippen LogP contribution >= 0.6 is 0 Å². The van der Waals surface area contributed by atoms with Gasteiger partial charge in [-0.3, -0.25) is 4.79 Å². The van der Waals surface area contributed by atoms with Gasteiger partial charge in [-0.2, -0.15) is 13.2 Å². The van der Waals surface area contributed by atoms with Gasteiger partial charge in [-0.25, -0.2) is 4.98 Å². The SMILES string of the molecule is C[C@H]1[C@@H](O)CCCN1C(=O)Cc1cccc(C(F)(F)F)n1. The Bertz CT molecular complexity index is 519. The number of piperidine rings is 1. The van der Waals surface area contributed by atoms with Crippen LogP contribution in [0.5, 0.6) is 0 Å². The summed E-state index contributed by atoms with van der Waals surface area (Å²) in [5.41, 5.74) is -0.915. The number of rotatable bonds is 2. The number of nitrogens with zero attached hydrogens (tertiary/aromatic N) is 2. The van der Waals surface area contributed by atoms with Crippen molar-refractivity contribution in [3.63, 3.8) is 0 Å². The normalized spacial score (nSPS) is 23.2. The Hall–Kier alpha value is -1.63. The summed E-state index contributed by atoms with van der Waals surface area (Å²) in [6.45, 7) is 2.25. The summed E-state index contributed by atoms with van der Waals surface area (Å²) >= 11 is 0. The zero-order valence-corrected chi connectivity index (χ0v) is 11.6. The molecule has 1 amide bonds. The van der Waals surface area contributed by atoms with Crippen LogP contribution in [-0.4, -0.2) is 39.6 Å². The minimum Gasteiger partial charge on any atom is -0.391 e. The third kappa shape index (κ3) is 3.72. The summed E-state index contributed by atoms with van der Waals surface area (Å²) < 4.78 is 37.7. The first-order chi connectivity index (χ1) is 9.79. The van der Waals surface area contributed by atoms with E-state index in [9.17, 15) is 23.1 Å². The van der Waals surface area contributed by atoms with Gasteiger partial charge in [-0.05, 0) is 31.9 Å². The predicted octanol–water partition coefficient (Wildman–Crippen LogP) is 2.01. The molecule has 4 nitrogen and oxygen atoms in total. The molecule has 2 atom stereocenters. The standard InChI is InChI=1S/C14H17F3N2O2/c1-9-11(20)5-3-7-19(9)13(21)8-10-4-2-6-12(18-10)14(15,16)17/h2,4,6,9,11,20H,3,5,7-8H2,1H3/t9-,11-/m0/s1. The molecule has 1 aliphatic heterocycles. The van der Waals surface area contributed by atoms with Crippen LogP contribution in [0.2, 0.25) is 0 Å². The number of aliphatic hydroxyl groups excluding tert-OH is 1. The number of aromatic nitrogens is 1. The lowest BCUT2D eigenvalue weighted by Gasteiger charge is -2.37. The Kier molecular flexibility index (Phi) is 4.51. The molecule has 116 valence electrons. The van der Waals surface area contributed by atoms with Crippen molar-refractivity contribution in [3.8, 4) is 0 Å². The molecule has 0 aliphatic carbocycles. The van der Waals surface area contributed by atoms with Gasteiger partial charge in [0.15, 0.2) is 0 Å². The van der Waals surface area contributed by atoms with Crippen LogP contribution in [0.15, 0.2) is 18.2 Å². The highest BCUT2D eigenvalue weighted by Crippen LogP contribution is 2.27. The number of likely N-dealkylation sites (tertiary alicyclic amines) is 1. The largest absolute Gasteiger partial charge is 0.433 e. The Labute approximate surface area is 120 Å². The van der Waals surface area contributed by atoms with E-state index in [1.54, 1.807) is 6.92 Å². The van der Waals surface area contributed by atoms with E-state index in [0.717, 1.165) is 6.07 Å². The van der Waals surface area contributed by atoms with Gasteiger partial charge >= 0.3 is 6.18 Å². The lowest BCUT2D eigenvalue weighted by atomic mass is 9.99. The van der Waals surface area contributed by atoms with E-state index in [-0.39, 0.29) is 24.1 Å². The van der Waals surface area contributed by atoms with Crippen LogP contribution in [0.25, 0.3) is 0 Å². The third-order valence-corrected chi connectivity index (χ3v) is 3.70. The number of carbonyl (C=O) groups is 1. The minimum atomic E-state index is -4.52. The number of alkyl halides is 3. The zero-order chi connectivity index (χ0) is 15.6. The molecule has 1 saturated heterocycles. The lowest BCUT2D eigenvalue weighted by molar-refractivity contribution is -0.142. The van der Waals surface area contributed by atoms with Gasteiger partial charge in [-0.1, -0.05) is 6.07 Å². The van der Waals surface area contributed by atoms with Crippen LogP contribution in [0.4, 0.5) is 13.2 Å². The highest BCUT2D eigenvalue weighted by atomic mass is 19.4. The maximum Gasteiger partial charge on any atom is 0.433 e. The summed E-state index contributed by atoms with van der Waals surface area (Å²) in [6, 6.07) is 3.20. The van der Waals surface area contributed by atoms with Crippen LogP contribution < -0.4 is 0 Å². The second-order valence-electron chi connectivity index (χ2n) is 5.23. The molecule has 0 spiro atoms. The van der Waals surface area contributed by atoms with E-state index in [1.807, 2.05) is 0 Å². The van der Waals surface area contributed by atoms with Crippen molar-refractivity contribution in [2.75, 3.05) is 6.54 Å². The smallest absolute Gasteiger partial charge is 0.391 e. The van der Waals surface area contributed by atoms with Gasteiger partial charge in [0.05, 0.1) is 24.3 Å². The van der Waals surface area contributed by atoms with E-state index in [0.29, 0.717) is 19.4 Å². The fourth-order valence-electron chi connectivity index (χ4n) is 2.47. The lowest BCUT2D eigenvalue weighted by Crippen LogP contribution is -2.49. The van der Waals surface area contributed by atoms with E-state index in [1.165, 1.54) is 17.0 Å². The molecule has 1 aromatic heterocycles. The number of amides is 1. The second kappa shape index (κ2) is 6.01. The summed E-state index contributed by atoms with van der Waals surface area (Å²) in [5, 5.41) is 9.76. The number of hydrogen-bond acceptors (Lipinski definition) is 3. The van der Waals surface area contributed by atoms with Gasteiger partial charge in [0.2, 0.25) is 5.91 Å². The number of pyridine rings is 1. The number of hydrogen-bond donors (Lipinski definition) is 1. The van der Waals surface area contributed by atoms with Crippen molar-refractivity contribution < 1.29 is 23.1 Å². The molecule has 1 N–H and O–H groups in total. The molecule has 0 saturated carbocycles.